The van der Waals surface area contributed by atoms with E-state index >= 15 is 0 Å². The van der Waals surface area contributed by atoms with Crippen LogP contribution in [0.3, 0.4) is 0 Å². The van der Waals surface area contributed by atoms with Crippen molar-refractivity contribution in [2.45, 2.75) is 57.6 Å². The predicted octanol–water partition coefficient (Wildman–Crippen LogP) is 1.66. The van der Waals surface area contributed by atoms with Crippen LogP contribution in [-0.4, -0.2) is 16.7 Å². The molecule has 0 radical (unpaired) electrons. The lowest BCUT2D eigenvalue weighted by atomic mass is 9.83. The van der Waals surface area contributed by atoms with E-state index in [1.54, 1.807) is 0 Å². The largest absolute Gasteiger partial charge is 0.393 e. The molecular weight excluding hydrogens is 150 g/mol. The average molecular weight is 171 g/mol. The molecule has 1 fully saturated rings. The van der Waals surface area contributed by atoms with Gasteiger partial charge in [-0.2, -0.15) is 0 Å². The van der Waals surface area contributed by atoms with Crippen LogP contribution in [0.25, 0.3) is 0 Å². The lowest BCUT2D eigenvalue weighted by molar-refractivity contribution is 0.116. The van der Waals surface area contributed by atoms with Crippen LogP contribution >= 0.6 is 0 Å². The molecule has 2 heteroatoms. The van der Waals surface area contributed by atoms with Gasteiger partial charge >= 0.3 is 0 Å². The monoisotopic (exact) mass is 171 g/mol. The zero-order valence-electron chi connectivity index (χ0n) is 8.21. The lowest BCUT2D eigenvalue weighted by Gasteiger charge is -2.31. The second-order valence-electron chi connectivity index (χ2n) is 4.29. The topological polar surface area (TPSA) is 46.2 Å². The molecule has 3 atom stereocenters. The molecule has 0 saturated heterocycles. The summed E-state index contributed by atoms with van der Waals surface area (Å²) in [7, 11) is 0. The molecule has 0 bridgehead atoms. The van der Waals surface area contributed by atoms with Gasteiger partial charge in [0.15, 0.2) is 0 Å². The third kappa shape index (κ3) is 1.99. The Morgan fingerprint density at radius 1 is 1.67 bits per heavy atom. The first-order valence-corrected chi connectivity index (χ1v) is 5.05. The van der Waals surface area contributed by atoms with Crippen LogP contribution in [0.2, 0.25) is 0 Å². The van der Waals surface area contributed by atoms with Crippen LogP contribution in [-0.2, 0) is 0 Å². The summed E-state index contributed by atoms with van der Waals surface area (Å²) >= 11 is 0. The number of nitrogens with two attached hydrogens (primary N) is 1. The van der Waals surface area contributed by atoms with Crippen LogP contribution in [0.15, 0.2) is 0 Å². The van der Waals surface area contributed by atoms with Crippen molar-refractivity contribution in [3.05, 3.63) is 0 Å². The van der Waals surface area contributed by atoms with Crippen molar-refractivity contribution >= 4 is 0 Å². The lowest BCUT2D eigenvalue weighted by Crippen LogP contribution is -2.45. The smallest absolute Gasteiger partial charge is 0.0555 e. The maximum atomic E-state index is 9.52. The first kappa shape index (κ1) is 10.0. The van der Waals surface area contributed by atoms with Gasteiger partial charge in [0.05, 0.1) is 6.10 Å². The summed E-state index contributed by atoms with van der Waals surface area (Å²) in [6, 6.07) is 0. The average Bonchev–Trinajstić information content (AvgIpc) is 2.32. The predicted molar refractivity (Wildman–Crippen MR) is 50.8 cm³/mol. The second kappa shape index (κ2) is 3.75. The first-order valence-electron chi connectivity index (χ1n) is 5.05. The van der Waals surface area contributed by atoms with Gasteiger partial charge in [-0.15, -0.1) is 0 Å². The maximum Gasteiger partial charge on any atom is 0.0555 e. The van der Waals surface area contributed by atoms with Crippen molar-refractivity contribution in [3.8, 4) is 0 Å². The van der Waals surface area contributed by atoms with E-state index < -0.39 is 0 Å². The quantitative estimate of drug-likeness (QED) is 0.678. The Morgan fingerprint density at radius 3 is 2.75 bits per heavy atom. The molecule has 0 aliphatic heterocycles. The Kier molecular flexibility index (Phi) is 3.13. The van der Waals surface area contributed by atoms with Gasteiger partial charge in [-0.1, -0.05) is 20.3 Å². The van der Waals surface area contributed by atoms with Gasteiger partial charge < -0.3 is 10.8 Å². The molecule has 1 aliphatic rings. The van der Waals surface area contributed by atoms with E-state index in [0.29, 0.717) is 5.92 Å². The van der Waals surface area contributed by atoms with Gasteiger partial charge in [0.25, 0.3) is 0 Å². The van der Waals surface area contributed by atoms with Crippen molar-refractivity contribution in [1.82, 2.24) is 0 Å². The first-order chi connectivity index (χ1) is 5.58. The van der Waals surface area contributed by atoms with Crippen LogP contribution in [0.1, 0.15) is 46.0 Å². The van der Waals surface area contributed by atoms with Gasteiger partial charge in [0.2, 0.25) is 0 Å². The summed E-state index contributed by atoms with van der Waals surface area (Å²) in [6.07, 6.45) is 4.96. The SMILES string of the molecule is CCC(O)CC1(N)CCCC1C. The van der Waals surface area contributed by atoms with E-state index in [1.807, 2.05) is 6.92 Å². The molecular formula is C10H21NO. The molecule has 0 heterocycles. The van der Waals surface area contributed by atoms with Crippen LogP contribution in [0, 0.1) is 5.92 Å². The van der Waals surface area contributed by atoms with Crippen molar-refractivity contribution in [3.63, 3.8) is 0 Å². The van der Waals surface area contributed by atoms with Crippen molar-refractivity contribution in [1.29, 1.82) is 0 Å². The zero-order chi connectivity index (χ0) is 9.19. The summed E-state index contributed by atoms with van der Waals surface area (Å²) < 4.78 is 0. The van der Waals surface area contributed by atoms with Gasteiger partial charge in [-0.25, -0.2) is 0 Å². The number of aliphatic hydroxyl groups is 1. The number of hydrogen-bond donors (Lipinski definition) is 2. The van der Waals surface area contributed by atoms with Gasteiger partial charge in [0.1, 0.15) is 0 Å². The molecule has 72 valence electrons. The minimum Gasteiger partial charge on any atom is -0.393 e. The molecule has 3 N–H and O–H groups in total. The van der Waals surface area contributed by atoms with E-state index in [9.17, 15) is 5.11 Å². The highest BCUT2D eigenvalue weighted by Gasteiger charge is 2.37. The summed E-state index contributed by atoms with van der Waals surface area (Å²) in [5.74, 6) is 0.582. The molecule has 3 unspecified atom stereocenters. The Bertz CT molecular complexity index is 149. The summed E-state index contributed by atoms with van der Waals surface area (Å²) in [5, 5.41) is 9.52. The molecule has 0 aromatic rings. The molecule has 2 nitrogen and oxygen atoms in total. The third-order valence-corrected chi connectivity index (χ3v) is 3.35. The Balaban J connectivity index is 2.47. The highest BCUT2D eigenvalue weighted by Crippen LogP contribution is 2.36. The van der Waals surface area contributed by atoms with Crippen LogP contribution in [0.5, 0.6) is 0 Å². The fourth-order valence-electron chi connectivity index (χ4n) is 2.16. The Labute approximate surface area is 75.2 Å². The van der Waals surface area contributed by atoms with E-state index in [4.69, 9.17) is 5.73 Å². The van der Waals surface area contributed by atoms with E-state index in [0.717, 1.165) is 19.3 Å². The minimum absolute atomic E-state index is 0.0740. The minimum atomic E-state index is -0.199. The highest BCUT2D eigenvalue weighted by molar-refractivity contribution is 4.95. The van der Waals surface area contributed by atoms with E-state index in [1.165, 1.54) is 12.8 Å². The molecule has 1 saturated carbocycles. The molecule has 0 aromatic carbocycles. The summed E-state index contributed by atoms with van der Waals surface area (Å²) in [5.41, 5.74) is 6.15. The number of aliphatic hydroxyl groups excluding tert-OH is 1. The normalized spacial score (nSPS) is 38.5. The van der Waals surface area contributed by atoms with Crippen molar-refractivity contribution < 1.29 is 5.11 Å². The standard InChI is InChI=1S/C10H21NO/c1-3-9(12)7-10(11)6-4-5-8(10)2/h8-9,12H,3-7,11H2,1-2H3. The third-order valence-electron chi connectivity index (χ3n) is 3.35. The molecule has 0 spiro atoms. The van der Waals surface area contributed by atoms with E-state index in [-0.39, 0.29) is 11.6 Å². The van der Waals surface area contributed by atoms with Crippen molar-refractivity contribution in [2.24, 2.45) is 11.7 Å². The van der Waals surface area contributed by atoms with Crippen molar-refractivity contribution in [2.75, 3.05) is 0 Å². The molecule has 12 heavy (non-hydrogen) atoms. The van der Waals surface area contributed by atoms with Gasteiger partial charge in [-0.3, -0.25) is 0 Å². The Hall–Kier alpha value is -0.0800. The van der Waals surface area contributed by atoms with E-state index in [2.05, 4.69) is 6.92 Å². The molecule has 0 amide bonds. The van der Waals surface area contributed by atoms with Gasteiger partial charge in [0, 0.05) is 5.54 Å². The number of rotatable bonds is 3. The summed E-state index contributed by atoms with van der Waals surface area (Å²) in [4.78, 5) is 0. The van der Waals surface area contributed by atoms with Crippen LogP contribution < -0.4 is 5.73 Å². The zero-order valence-corrected chi connectivity index (χ0v) is 8.21. The second-order valence-corrected chi connectivity index (χ2v) is 4.29. The maximum absolute atomic E-state index is 9.52. The molecule has 1 rings (SSSR count). The van der Waals surface area contributed by atoms with Crippen LogP contribution in [0.4, 0.5) is 0 Å². The molecule has 0 aromatic heterocycles. The number of hydrogen-bond acceptors (Lipinski definition) is 2. The fourth-order valence-corrected chi connectivity index (χ4v) is 2.16. The fraction of sp³-hybridized carbons (Fsp3) is 1.00. The van der Waals surface area contributed by atoms with Gasteiger partial charge in [-0.05, 0) is 31.6 Å². The summed E-state index contributed by atoms with van der Waals surface area (Å²) in [6.45, 7) is 4.21. The highest BCUT2D eigenvalue weighted by atomic mass is 16.3. The molecule has 1 aliphatic carbocycles. The Morgan fingerprint density at radius 2 is 2.33 bits per heavy atom.